The number of carbonyl (C=O) groups is 1. The molecule has 0 saturated carbocycles. The molecule has 33 heavy (non-hydrogen) atoms. The molecule has 0 atom stereocenters. The Labute approximate surface area is 202 Å². The summed E-state index contributed by atoms with van der Waals surface area (Å²) in [5, 5.41) is 6.41. The van der Waals surface area contributed by atoms with Crippen LogP contribution < -0.4 is 20.1 Å². The quantitative estimate of drug-likeness (QED) is 0.236. The van der Waals surface area contributed by atoms with E-state index in [-0.39, 0.29) is 6.03 Å². The fourth-order valence-electron chi connectivity index (χ4n) is 2.99. The molecule has 0 fully saturated rings. The first-order chi connectivity index (χ1) is 16.0. The second-order valence-corrected chi connectivity index (χ2v) is 8.50. The third-order valence-electron chi connectivity index (χ3n) is 4.63. The molecule has 5 nitrogen and oxygen atoms in total. The van der Waals surface area contributed by atoms with Gasteiger partial charge in [-0.2, -0.15) is 0 Å². The van der Waals surface area contributed by atoms with E-state index in [9.17, 15) is 4.79 Å². The molecular weight excluding hydrogens is 454 g/mol. The van der Waals surface area contributed by atoms with Gasteiger partial charge in [0.15, 0.2) is 0 Å². The minimum absolute atomic E-state index is 0.331. The number of nitrogens with one attached hydrogen (secondary N) is 3. The molecule has 0 heterocycles. The van der Waals surface area contributed by atoms with Gasteiger partial charge in [0.2, 0.25) is 0 Å². The van der Waals surface area contributed by atoms with Crippen molar-refractivity contribution >= 4 is 46.6 Å². The van der Waals surface area contributed by atoms with E-state index >= 15 is 0 Å². The van der Waals surface area contributed by atoms with E-state index in [0.717, 1.165) is 26.9 Å². The van der Waals surface area contributed by atoms with Crippen LogP contribution in [0.1, 0.15) is 5.56 Å². The number of ether oxygens (including phenoxy) is 1. The van der Waals surface area contributed by atoms with Crippen molar-refractivity contribution in [2.24, 2.45) is 0 Å². The highest BCUT2D eigenvalue weighted by atomic mass is 35.5. The molecule has 0 aliphatic carbocycles. The van der Waals surface area contributed by atoms with Crippen molar-refractivity contribution in [1.29, 1.82) is 0 Å². The van der Waals surface area contributed by atoms with Gasteiger partial charge in [-0.25, -0.2) is 4.79 Å². The molecule has 0 aliphatic heterocycles. The molecule has 0 unspecified atom stereocenters. The maximum atomic E-state index is 12.4. The third kappa shape index (κ3) is 6.68. The van der Waals surface area contributed by atoms with Gasteiger partial charge in [0.1, 0.15) is 11.5 Å². The van der Waals surface area contributed by atoms with Gasteiger partial charge in [-0.15, -0.1) is 0 Å². The highest BCUT2D eigenvalue weighted by Crippen LogP contribution is 2.26. The molecule has 0 bridgehead atoms. The monoisotopic (exact) mass is 475 g/mol. The lowest BCUT2D eigenvalue weighted by molar-refractivity contribution is 0.262. The highest BCUT2D eigenvalue weighted by molar-refractivity contribution is 8.00. The van der Waals surface area contributed by atoms with Crippen LogP contribution in [0.3, 0.4) is 0 Å². The molecule has 0 saturated heterocycles. The molecular formula is C26H22ClN3O2S. The van der Waals surface area contributed by atoms with Crippen LogP contribution in [0.2, 0.25) is 5.02 Å². The summed E-state index contributed by atoms with van der Waals surface area (Å²) in [6, 6.07) is 29.8. The average Bonchev–Trinajstić information content (AvgIpc) is 2.81. The van der Waals surface area contributed by atoms with Crippen LogP contribution in [0, 0.1) is 6.92 Å². The van der Waals surface area contributed by atoms with Crippen LogP contribution in [0.5, 0.6) is 11.5 Å². The van der Waals surface area contributed by atoms with E-state index in [1.165, 1.54) is 11.9 Å². The predicted octanol–water partition coefficient (Wildman–Crippen LogP) is 8.20. The molecule has 3 N–H and O–H groups in total. The second-order valence-electron chi connectivity index (χ2n) is 7.21. The summed E-state index contributed by atoms with van der Waals surface area (Å²) in [6.07, 6.45) is 0. The Balaban J connectivity index is 1.29. The highest BCUT2D eigenvalue weighted by Gasteiger charge is 2.05. The Morgan fingerprint density at radius 2 is 1.45 bits per heavy atom. The van der Waals surface area contributed by atoms with E-state index in [1.54, 1.807) is 12.1 Å². The lowest BCUT2D eigenvalue weighted by Crippen LogP contribution is -2.19. The number of amides is 2. The van der Waals surface area contributed by atoms with E-state index in [1.807, 2.05) is 91.9 Å². The Morgan fingerprint density at radius 3 is 2.21 bits per heavy atom. The largest absolute Gasteiger partial charge is 0.457 e. The van der Waals surface area contributed by atoms with Crippen molar-refractivity contribution in [3.8, 4) is 11.5 Å². The van der Waals surface area contributed by atoms with Gasteiger partial charge in [0, 0.05) is 33.0 Å². The number of urea groups is 1. The number of anilines is 3. The number of hydrogen-bond acceptors (Lipinski definition) is 4. The molecule has 2 amide bonds. The van der Waals surface area contributed by atoms with Gasteiger partial charge in [0.05, 0.1) is 0 Å². The van der Waals surface area contributed by atoms with E-state index in [4.69, 9.17) is 16.3 Å². The first-order valence-electron chi connectivity index (χ1n) is 10.3. The molecule has 0 radical (unpaired) electrons. The summed E-state index contributed by atoms with van der Waals surface area (Å²) in [6.45, 7) is 1.97. The lowest BCUT2D eigenvalue weighted by atomic mass is 10.2. The number of para-hydroxylation sites is 1. The number of halogens is 1. The molecule has 0 spiro atoms. The van der Waals surface area contributed by atoms with Gasteiger partial charge in [0.25, 0.3) is 0 Å². The molecule has 0 aromatic heterocycles. The van der Waals surface area contributed by atoms with Gasteiger partial charge < -0.3 is 20.1 Å². The minimum atomic E-state index is -0.331. The maximum absolute atomic E-state index is 12.4. The summed E-state index contributed by atoms with van der Waals surface area (Å²) in [5.74, 6) is 1.38. The molecule has 166 valence electrons. The number of benzene rings is 4. The van der Waals surface area contributed by atoms with Crippen LogP contribution in [0.25, 0.3) is 0 Å². The van der Waals surface area contributed by atoms with Gasteiger partial charge >= 0.3 is 6.03 Å². The van der Waals surface area contributed by atoms with E-state index in [0.29, 0.717) is 17.1 Å². The molecule has 4 rings (SSSR count). The lowest BCUT2D eigenvalue weighted by Gasteiger charge is -2.11. The van der Waals surface area contributed by atoms with Crippen molar-refractivity contribution < 1.29 is 9.53 Å². The van der Waals surface area contributed by atoms with Crippen LogP contribution >= 0.6 is 23.5 Å². The van der Waals surface area contributed by atoms with Gasteiger partial charge in [-0.1, -0.05) is 35.9 Å². The topological polar surface area (TPSA) is 62.4 Å². The van der Waals surface area contributed by atoms with Crippen molar-refractivity contribution in [3.63, 3.8) is 0 Å². The smallest absolute Gasteiger partial charge is 0.323 e. The molecule has 4 aromatic rings. The van der Waals surface area contributed by atoms with Crippen LogP contribution in [-0.4, -0.2) is 6.03 Å². The number of rotatable bonds is 7. The SMILES string of the molecule is Cc1cc(NSc2ccc(NC(=O)Nc3cccc(Oc4ccccc4)c3)cc2)ccc1Cl. The Hall–Kier alpha value is -3.61. The summed E-state index contributed by atoms with van der Waals surface area (Å²) < 4.78 is 9.10. The summed E-state index contributed by atoms with van der Waals surface area (Å²) in [4.78, 5) is 13.4. The number of carbonyl (C=O) groups excluding carboxylic acids is 1. The number of aryl methyl sites for hydroxylation is 1. The number of hydrogen-bond donors (Lipinski definition) is 3. The van der Waals surface area contributed by atoms with E-state index < -0.39 is 0 Å². The van der Waals surface area contributed by atoms with Crippen LogP contribution in [0.4, 0.5) is 21.9 Å². The van der Waals surface area contributed by atoms with Crippen molar-refractivity contribution in [1.82, 2.24) is 0 Å². The Kier molecular flexibility index (Phi) is 7.40. The second kappa shape index (κ2) is 10.8. The first-order valence-corrected chi connectivity index (χ1v) is 11.4. The molecule has 0 aliphatic rings. The predicted molar refractivity (Wildman–Crippen MR) is 138 cm³/mol. The standard InChI is InChI=1S/C26H22ClN3O2S/c1-18-16-21(12-15-25(18)27)30-33-24-13-10-19(11-14-24)28-26(31)29-20-6-5-9-23(17-20)32-22-7-3-2-4-8-22/h2-17,30H,1H3,(H2,28,29,31). The van der Waals surface area contributed by atoms with Crippen molar-refractivity contribution in [3.05, 3.63) is 108 Å². The van der Waals surface area contributed by atoms with Crippen LogP contribution in [-0.2, 0) is 0 Å². The Morgan fingerprint density at radius 1 is 0.758 bits per heavy atom. The maximum Gasteiger partial charge on any atom is 0.323 e. The van der Waals surface area contributed by atoms with Gasteiger partial charge in [-0.05, 0) is 91.2 Å². The summed E-state index contributed by atoms with van der Waals surface area (Å²) in [7, 11) is 0. The fraction of sp³-hybridized carbons (Fsp3) is 0.0385. The molecule has 4 aromatic carbocycles. The zero-order valence-corrected chi connectivity index (χ0v) is 19.4. The van der Waals surface area contributed by atoms with Crippen molar-refractivity contribution in [2.45, 2.75) is 11.8 Å². The summed E-state index contributed by atoms with van der Waals surface area (Å²) in [5.41, 5.74) is 3.32. The third-order valence-corrected chi connectivity index (χ3v) is 5.90. The minimum Gasteiger partial charge on any atom is -0.457 e. The Bertz CT molecular complexity index is 1230. The van der Waals surface area contributed by atoms with Gasteiger partial charge in [-0.3, -0.25) is 0 Å². The summed E-state index contributed by atoms with van der Waals surface area (Å²) >= 11 is 7.55. The zero-order chi connectivity index (χ0) is 23.0. The van der Waals surface area contributed by atoms with Crippen molar-refractivity contribution in [2.75, 3.05) is 15.4 Å². The van der Waals surface area contributed by atoms with E-state index in [2.05, 4.69) is 15.4 Å². The average molecular weight is 476 g/mol. The fourth-order valence-corrected chi connectivity index (χ4v) is 3.74. The normalized spacial score (nSPS) is 10.4. The molecule has 7 heteroatoms. The zero-order valence-electron chi connectivity index (χ0n) is 17.8. The van der Waals surface area contributed by atoms with Crippen LogP contribution in [0.15, 0.2) is 102 Å². The first kappa shape index (κ1) is 22.6.